The Morgan fingerprint density at radius 3 is 2.60 bits per heavy atom. The summed E-state index contributed by atoms with van der Waals surface area (Å²) < 4.78 is 1.11. The summed E-state index contributed by atoms with van der Waals surface area (Å²) in [6.07, 6.45) is 0. The van der Waals surface area contributed by atoms with Crippen molar-refractivity contribution < 1.29 is 0 Å². The molecular weight excluding hydrogens is 332 g/mol. The molecule has 1 N–H and O–H groups in total. The van der Waals surface area contributed by atoms with E-state index in [9.17, 15) is 0 Å². The van der Waals surface area contributed by atoms with Crippen LogP contribution in [0.2, 0.25) is 0 Å². The first-order valence-corrected chi connectivity index (χ1v) is 8.24. The number of halogens is 1. The van der Waals surface area contributed by atoms with Gasteiger partial charge in [-0.3, -0.25) is 0 Å². The third-order valence-electron chi connectivity index (χ3n) is 3.45. The van der Waals surface area contributed by atoms with E-state index in [2.05, 4.69) is 71.2 Å². The number of aryl methyl sites for hydroxylation is 2. The fourth-order valence-electron chi connectivity index (χ4n) is 2.09. The first-order chi connectivity index (χ1) is 9.63. The Morgan fingerprint density at radius 1 is 1.10 bits per heavy atom. The SMILES string of the molecule is Cc1ccc2[nH]c(SCc3ccc(Br)cc3)nc2c1C. The summed E-state index contributed by atoms with van der Waals surface area (Å²) in [4.78, 5) is 8.09. The Morgan fingerprint density at radius 2 is 1.85 bits per heavy atom. The Hall–Kier alpha value is -1.26. The largest absolute Gasteiger partial charge is 0.333 e. The minimum Gasteiger partial charge on any atom is -0.333 e. The van der Waals surface area contributed by atoms with Crippen LogP contribution >= 0.6 is 27.7 Å². The molecule has 0 aliphatic rings. The zero-order chi connectivity index (χ0) is 14.1. The standard InChI is InChI=1S/C16H15BrN2S/c1-10-3-8-14-15(11(10)2)19-16(18-14)20-9-12-4-6-13(17)7-5-12/h3-8H,9H2,1-2H3,(H,18,19). The molecule has 0 aliphatic heterocycles. The van der Waals surface area contributed by atoms with Crippen molar-refractivity contribution in [1.82, 2.24) is 9.97 Å². The summed E-state index contributed by atoms with van der Waals surface area (Å²) in [6, 6.07) is 12.7. The molecule has 3 rings (SSSR count). The van der Waals surface area contributed by atoms with E-state index in [-0.39, 0.29) is 0 Å². The number of H-pyrrole nitrogens is 1. The Bertz CT molecular complexity index is 747. The van der Waals surface area contributed by atoms with Crippen molar-refractivity contribution in [3.8, 4) is 0 Å². The zero-order valence-corrected chi connectivity index (χ0v) is 13.8. The van der Waals surface area contributed by atoms with Crippen LogP contribution in [0.15, 0.2) is 46.0 Å². The van der Waals surface area contributed by atoms with Crippen molar-refractivity contribution in [2.75, 3.05) is 0 Å². The molecule has 2 aromatic carbocycles. The Kier molecular flexibility index (Phi) is 3.85. The minimum atomic E-state index is 0.922. The fraction of sp³-hybridized carbons (Fsp3) is 0.188. The number of hydrogen-bond donors (Lipinski definition) is 1. The van der Waals surface area contributed by atoms with Gasteiger partial charge in [0, 0.05) is 10.2 Å². The highest BCUT2D eigenvalue weighted by molar-refractivity contribution is 9.10. The van der Waals surface area contributed by atoms with E-state index in [4.69, 9.17) is 4.98 Å². The Balaban J connectivity index is 1.81. The maximum absolute atomic E-state index is 4.70. The molecular formula is C16H15BrN2S. The third kappa shape index (κ3) is 2.76. The van der Waals surface area contributed by atoms with Crippen LogP contribution in [0.4, 0.5) is 0 Å². The summed E-state index contributed by atoms with van der Waals surface area (Å²) in [7, 11) is 0. The number of aromatic amines is 1. The number of benzene rings is 2. The van der Waals surface area contributed by atoms with Crippen LogP contribution in [0.25, 0.3) is 11.0 Å². The lowest BCUT2D eigenvalue weighted by Crippen LogP contribution is -1.82. The van der Waals surface area contributed by atoms with Gasteiger partial charge in [-0.1, -0.05) is 45.9 Å². The van der Waals surface area contributed by atoms with Crippen molar-refractivity contribution in [2.24, 2.45) is 0 Å². The monoisotopic (exact) mass is 346 g/mol. The smallest absolute Gasteiger partial charge is 0.166 e. The molecule has 0 bridgehead atoms. The number of aromatic nitrogens is 2. The minimum absolute atomic E-state index is 0.922. The molecule has 0 saturated carbocycles. The predicted octanol–water partition coefficient (Wildman–Crippen LogP) is 5.23. The molecule has 1 aromatic heterocycles. The average molecular weight is 347 g/mol. The number of hydrogen-bond acceptors (Lipinski definition) is 2. The van der Waals surface area contributed by atoms with Gasteiger partial charge >= 0.3 is 0 Å². The second-order valence-corrected chi connectivity index (χ2v) is 6.74. The molecule has 102 valence electrons. The summed E-state index contributed by atoms with van der Waals surface area (Å²) in [5, 5.41) is 0.983. The van der Waals surface area contributed by atoms with Gasteiger partial charge < -0.3 is 4.98 Å². The van der Waals surface area contributed by atoms with Crippen molar-refractivity contribution in [2.45, 2.75) is 24.8 Å². The Labute approximate surface area is 131 Å². The van der Waals surface area contributed by atoms with E-state index in [1.807, 2.05) is 0 Å². The normalized spacial score (nSPS) is 11.2. The number of rotatable bonds is 3. The highest BCUT2D eigenvalue weighted by atomic mass is 79.9. The predicted molar refractivity (Wildman–Crippen MR) is 89.3 cm³/mol. The molecule has 3 aromatic rings. The maximum Gasteiger partial charge on any atom is 0.166 e. The second-order valence-electron chi connectivity index (χ2n) is 4.86. The van der Waals surface area contributed by atoms with Crippen molar-refractivity contribution >= 4 is 38.7 Å². The summed E-state index contributed by atoms with van der Waals surface area (Å²) in [6.45, 7) is 4.25. The van der Waals surface area contributed by atoms with Crippen LogP contribution < -0.4 is 0 Å². The van der Waals surface area contributed by atoms with Gasteiger partial charge in [0.2, 0.25) is 0 Å². The molecule has 0 fully saturated rings. The topological polar surface area (TPSA) is 28.7 Å². The lowest BCUT2D eigenvalue weighted by Gasteiger charge is -1.99. The molecule has 0 saturated heterocycles. The van der Waals surface area contributed by atoms with Crippen LogP contribution in [0.5, 0.6) is 0 Å². The quantitative estimate of drug-likeness (QED) is 0.657. The van der Waals surface area contributed by atoms with Crippen LogP contribution in [-0.2, 0) is 5.75 Å². The molecule has 20 heavy (non-hydrogen) atoms. The number of imidazole rings is 1. The number of fused-ring (bicyclic) bond motifs is 1. The fourth-order valence-corrected chi connectivity index (χ4v) is 3.19. The van der Waals surface area contributed by atoms with E-state index < -0.39 is 0 Å². The first-order valence-electron chi connectivity index (χ1n) is 6.46. The lowest BCUT2D eigenvalue weighted by atomic mass is 10.1. The average Bonchev–Trinajstić information content (AvgIpc) is 2.86. The van der Waals surface area contributed by atoms with Crippen molar-refractivity contribution in [3.05, 3.63) is 57.6 Å². The summed E-state index contributed by atoms with van der Waals surface area (Å²) in [5.41, 5.74) is 6.05. The summed E-state index contributed by atoms with van der Waals surface area (Å²) >= 11 is 5.19. The molecule has 0 spiro atoms. The van der Waals surface area contributed by atoms with Crippen LogP contribution in [-0.4, -0.2) is 9.97 Å². The van der Waals surface area contributed by atoms with Gasteiger partial charge in [-0.2, -0.15) is 0 Å². The molecule has 0 atom stereocenters. The molecule has 0 radical (unpaired) electrons. The molecule has 0 aliphatic carbocycles. The molecule has 4 heteroatoms. The number of thioether (sulfide) groups is 1. The van der Waals surface area contributed by atoms with Crippen LogP contribution in [0.3, 0.4) is 0 Å². The van der Waals surface area contributed by atoms with E-state index in [1.165, 1.54) is 16.7 Å². The van der Waals surface area contributed by atoms with Crippen LogP contribution in [0, 0.1) is 13.8 Å². The lowest BCUT2D eigenvalue weighted by molar-refractivity contribution is 1.08. The van der Waals surface area contributed by atoms with Gasteiger partial charge in [0.1, 0.15) is 0 Å². The van der Waals surface area contributed by atoms with Gasteiger partial charge in [0.25, 0.3) is 0 Å². The maximum atomic E-state index is 4.70. The van der Waals surface area contributed by atoms with Crippen molar-refractivity contribution in [1.29, 1.82) is 0 Å². The van der Waals surface area contributed by atoms with Crippen LogP contribution in [0.1, 0.15) is 16.7 Å². The van der Waals surface area contributed by atoms with E-state index >= 15 is 0 Å². The van der Waals surface area contributed by atoms with E-state index in [1.54, 1.807) is 11.8 Å². The highest BCUT2D eigenvalue weighted by Gasteiger charge is 2.07. The van der Waals surface area contributed by atoms with Gasteiger partial charge in [-0.25, -0.2) is 4.98 Å². The van der Waals surface area contributed by atoms with Gasteiger partial charge in [0.05, 0.1) is 11.0 Å². The molecule has 0 amide bonds. The van der Waals surface area contributed by atoms with Gasteiger partial charge in [0.15, 0.2) is 5.16 Å². The molecule has 0 unspecified atom stereocenters. The van der Waals surface area contributed by atoms with E-state index in [0.29, 0.717) is 0 Å². The first kappa shape index (κ1) is 13.7. The van der Waals surface area contributed by atoms with Gasteiger partial charge in [-0.15, -0.1) is 0 Å². The number of nitrogens with zero attached hydrogens (tertiary/aromatic N) is 1. The highest BCUT2D eigenvalue weighted by Crippen LogP contribution is 2.26. The zero-order valence-electron chi connectivity index (χ0n) is 11.4. The second kappa shape index (κ2) is 5.62. The number of nitrogens with one attached hydrogen (secondary N) is 1. The van der Waals surface area contributed by atoms with Gasteiger partial charge in [-0.05, 0) is 48.7 Å². The van der Waals surface area contributed by atoms with E-state index in [0.717, 1.165) is 26.4 Å². The molecule has 2 nitrogen and oxygen atoms in total. The van der Waals surface area contributed by atoms with Crippen molar-refractivity contribution in [3.63, 3.8) is 0 Å². The third-order valence-corrected chi connectivity index (χ3v) is 4.92. The molecule has 1 heterocycles. The summed E-state index contributed by atoms with van der Waals surface area (Å²) in [5.74, 6) is 0.922.